The van der Waals surface area contributed by atoms with Gasteiger partial charge in [0.1, 0.15) is 0 Å². The molecule has 0 saturated heterocycles. The van der Waals surface area contributed by atoms with Crippen molar-refractivity contribution in [2.24, 2.45) is 0 Å². The van der Waals surface area contributed by atoms with Crippen LogP contribution in [0.15, 0.2) is 30.3 Å². The fraction of sp³-hybridized carbons (Fsp3) is 0.444. The van der Waals surface area contributed by atoms with E-state index in [1.807, 2.05) is 18.2 Å². The van der Waals surface area contributed by atoms with Crippen LogP contribution in [0.25, 0.3) is 0 Å². The minimum atomic E-state index is 0.933. The van der Waals surface area contributed by atoms with Crippen LogP contribution >= 0.6 is 0 Å². The molecule has 0 N–H and O–H groups in total. The van der Waals surface area contributed by atoms with Gasteiger partial charge in [-0.25, -0.2) is 0 Å². The van der Waals surface area contributed by atoms with E-state index in [2.05, 4.69) is 29.9 Å². The summed E-state index contributed by atoms with van der Waals surface area (Å²) in [5, 5.41) is 0. The number of hydrogen-bond donors (Lipinski definition) is 0. The van der Waals surface area contributed by atoms with Gasteiger partial charge in [0.05, 0.1) is 0 Å². The summed E-state index contributed by atoms with van der Waals surface area (Å²) in [7, 11) is 0. The van der Waals surface area contributed by atoms with Crippen molar-refractivity contribution in [3.8, 4) is 24.2 Å². The molecule has 94 valence electrons. The minimum Gasteiger partial charge on any atom is -0.120 e. The molecule has 0 unspecified atom stereocenters. The van der Waals surface area contributed by atoms with E-state index in [1.54, 1.807) is 0 Å². The first-order chi connectivity index (χ1) is 8.93. The first-order valence-corrected chi connectivity index (χ1v) is 6.91. The molecule has 0 radical (unpaired) electrons. The summed E-state index contributed by atoms with van der Waals surface area (Å²) in [5.41, 5.74) is 1.12. The van der Waals surface area contributed by atoms with Gasteiger partial charge in [-0.05, 0) is 25.0 Å². The molecule has 0 heterocycles. The molecule has 0 heteroatoms. The smallest absolute Gasteiger partial charge is 0.0245 e. The highest BCUT2D eigenvalue weighted by atomic mass is 13.9. The highest BCUT2D eigenvalue weighted by Crippen LogP contribution is 2.08. The molecule has 0 bridgehead atoms. The third kappa shape index (κ3) is 7.59. The Labute approximate surface area is 112 Å². The highest BCUT2D eigenvalue weighted by Gasteiger charge is 1.89. The maximum absolute atomic E-state index is 5.21. The Balaban J connectivity index is 1.96. The number of hydrogen-bond acceptors (Lipinski definition) is 0. The third-order valence-corrected chi connectivity index (χ3v) is 2.88. The largest absolute Gasteiger partial charge is 0.120 e. The standard InChI is InChI=1S/C18H22/c1-2-3-4-5-6-7-8-9-10-12-15-18-16-13-11-14-17-18/h1,11,13-14,16-17H,3-10H2. The highest BCUT2D eigenvalue weighted by molar-refractivity contribution is 5.33. The number of terminal acetylenes is 1. The van der Waals surface area contributed by atoms with E-state index >= 15 is 0 Å². The van der Waals surface area contributed by atoms with Gasteiger partial charge in [0.2, 0.25) is 0 Å². The second-order valence-corrected chi connectivity index (χ2v) is 4.49. The van der Waals surface area contributed by atoms with Crippen LogP contribution in [-0.4, -0.2) is 0 Å². The molecule has 0 saturated carbocycles. The lowest BCUT2D eigenvalue weighted by Crippen LogP contribution is -1.79. The van der Waals surface area contributed by atoms with Crippen molar-refractivity contribution in [1.29, 1.82) is 0 Å². The Morgan fingerprint density at radius 1 is 0.778 bits per heavy atom. The molecule has 0 aromatic heterocycles. The van der Waals surface area contributed by atoms with Crippen LogP contribution in [0, 0.1) is 24.2 Å². The molecule has 1 aromatic carbocycles. The molecule has 0 aliphatic heterocycles. The zero-order valence-electron chi connectivity index (χ0n) is 11.1. The lowest BCUT2D eigenvalue weighted by Gasteiger charge is -1.97. The molecule has 1 rings (SSSR count). The van der Waals surface area contributed by atoms with Gasteiger partial charge >= 0.3 is 0 Å². The molecule has 0 amide bonds. The van der Waals surface area contributed by atoms with Gasteiger partial charge < -0.3 is 0 Å². The predicted molar refractivity (Wildman–Crippen MR) is 79.1 cm³/mol. The monoisotopic (exact) mass is 238 g/mol. The van der Waals surface area contributed by atoms with Crippen molar-refractivity contribution >= 4 is 0 Å². The molecule has 0 fully saturated rings. The zero-order chi connectivity index (χ0) is 12.9. The van der Waals surface area contributed by atoms with Crippen LogP contribution in [0.5, 0.6) is 0 Å². The molecule has 18 heavy (non-hydrogen) atoms. The van der Waals surface area contributed by atoms with E-state index in [0.717, 1.165) is 18.4 Å². The quantitative estimate of drug-likeness (QED) is 0.473. The van der Waals surface area contributed by atoms with Crippen molar-refractivity contribution in [1.82, 2.24) is 0 Å². The van der Waals surface area contributed by atoms with Crippen molar-refractivity contribution in [2.75, 3.05) is 0 Å². The van der Waals surface area contributed by atoms with E-state index in [1.165, 1.54) is 38.5 Å². The zero-order valence-corrected chi connectivity index (χ0v) is 11.1. The van der Waals surface area contributed by atoms with E-state index in [0.29, 0.717) is 0 Å². The molecule has 0 aliphatic rings. The number of rotatable bonds is 7. The maximum atomic E-state index is 5.21. The Morgan fingerprint density at radius 3 is 2.06 bits per heavy atom. The summed E-state index contributed by atoms with van der Waals surface area (Å²) in [4.78, 5) is 0. The number of benzene rings is 1. The average molecular weight is 238 g/mol. The Hall–Kier alpha value is -1.66. The number of unbranched alkanes of at least 4 members (excludes halogenated alkanes) is 7. The molecule has 1 aromatic rings. The molecule has 0 atom stereocenters. The summed E-state index contributed by atoms with van der Waals surface area (Å²) >= 11 is 0. The summed E-state index contributed by atoms with van der Waals surface area (Å²) in [5.74, 6) is 9.11. The summed E-state index contributed by atoms with van der Waals surface area (Å²) in [6, 6.07) is 10.2. The first kappa shape index (κ1) is 14.4. The van der Waals surface area contributed by atoms with E-state index in [9.17, 15) is 0 Å². The van der Waals surface area contributed by atoms with Crippen LogP contribution in [-0.2, 0) is 0 Å². The third-order valence-electron chi connectivity index (χ3n) is 2.88. The van der Waals surface area contributed by atoms with Crippen LogP contribution in [0.1, 0.15) is 56.9 Å². The van der Waals surface area contributed by atoms with Gasteiger partial charge in [-0.3, -0.25) is 0 Å². The average Bonchev–Trinajstić information content (AvgIpc) is 2.42. The van der Waals surface area contributed by atoms with E-state index < -0.39 is 0 Å². The van der Waals surface area contributed by atoms with Gasteiger partial charge in [0.15, 0.2) is 0 Å². The Morgan fingerprint density at radius 2 is 1.39 bits per heavy atom. The second-order valence-electron chi connectivity index (χ2n) is 4.49. The fourth-order valence-electron chi connectivity index (χ4n) is 1.83. The summed E-state index contributed by atoms with van der Waals surface area (Å²) in [6.45, 7) is 0. The van der Waals surface area contributed by atoms with Crippen LogP contribution in [0.4, 0.5) is 0 Å². The Bertz CT molecular complexity index is 397. The molecule has 0 spiro atoms. The Kier molecular flexibility index (Phi) is 8.39. The molecule has 0 aliphatic carbocycles. The van der Waals surface area contributed by atoms with E-state index in [-0.39, 0.29) is 0 Å². The van der Waals surface area contributed by atoms with Gasteiger partial charge in [0.25, 0.3) is 0 Å². The van der Waals surface area contributed by atoms with E-state index in [4.69, 9.17) is 6.42 Å². The van der Waals surface area contributed by atoms with Crippen molar-refractivity contribution in [3.05, 3.63) is 35.9 Å². The minimum absolute atomic E-state index is 0.933. The maximum Gasteiger partial charge on any atom is 0.0245 e. The lowest BCUT2D eigenvalue weighted by molar-refractivity contribution is 0.604. The molecular formula is C18H22. The molecular weight excluding hydrogens is 216 g/mol. The van der Waals surface area contributed by atoms with Crippen molar-refractivity contribution in [2.45, 2.75) is 51.4 Å². The second kappa shape index (κ2) is 10.5. The topological polar surface area (TPSA) is 0 Å². The molecule has 0 nitrogen and oxygen atoms in total. The van der Waals surface area contributed by atoms with Gasteiger partial charge in [0, 0.05) is 18.4 Å². The van der Waals surface area contributed by atoms with Gasteiger partial charge in [-0.2, -0.15) is 0 Å². The predicted octanol–water partition coefficient (Wildman–Crippen LogP) is 4.79. The van der Waals surface area contributed by atoms with Crippen molar-refractivity contribution in [3.63, 3.8) is 0 Å². The van der Waals surface area contributed by atoms with Gasteiger partial charge in [-0.1, -0.05) is 55.7 Å². The normalized spacial score (nSPS) is 9.28. The fourth-order valence-corrected chi connectivity index (χ4v) is 1.83. The summed E-state index contributed by atoms with van der Waals surface area (Å²) < 4.78 is 0. The van der Waals surface area contributed by atoms with Crippen LogP contribution < -0.4 is 0 Å². The van der Waals surface area contributed by atoms with Crippen LogP contribution in [0.2, 0.25) is 0 Å². The first-order valence-electron chi connectivity index (χ1n) is 6.91. The van der Waals surface area contributed by atoms with Crippen molar-refractivity contribution < 1.29 is 0 Å². The van der Waals surface area contributed by atoms with Gasteiger partial charge in [-0.15, -0.1) is 12.3 Å². The SMILES string of the molecule is C#CCCCCCCCCC#Cc1ccccc1. The van der Waals surface area contributed by atoms with Crippen LogP contribution in [0.3, 0.4) is 0 Å². The summed E-state index contributed by atoms with van der Waals surface area (Å²) in [6.07, 6.45) is 14.8. The lowest BCUT2D eigenvalue weighted by atomic mass is 10.1.